The van der Waals surface area contributed by atoms with E-state index in [9.17, 15) is 9.59 Å². The van der Waals surface area contributed by atoms with Crippen LogP contribution in [-0.4, -0.2) is 29.3 Å². The summed E-state index contributed by atoms with van der Waals surface area (Å²) in [5.74, 6) is -0.144. The monoisotopic (exact) mass is 374 g/mol. The van der Waals surface area contributed by atoms with Crippen molar-refractivity contribution in [2.24, 2.45) is 0 Å². The summed E-state index contributed by atoms with van der Waals surface area (Å²) in [6.07, 6.45) is 2.72. The van der Waals surface area contributed by atoms with Gasteiger partial charge in [-0.3, -0.25) is 9.59 Å². The maximum atomic E-state index is 12.9. The van der Waals surface area contributed by atoms with Crippen molar-refractivity contribution >= 4 is 11.8 Å². The molecule has 0 saturated carbocycles. The van der Waals surface area contributed by atoms with Crippen LogP contribution in [0.5, 0.6) is 0 Å². The molecule has 1 aliphatic heterocycles. The van der Waals surface area contributed by atoms with Crippen molar-refractivity contribution < 1.29 is 14.0 Å². The molecule has 0 saturated heterocycles. The molecule has 1 atom stereocenters. The van der Waals surface area contributed by atoms with Gasteiger partial charge in [-0.15, -0.1) is 0 Å². The second-order valence-electron chi connectivity index (χ2n) is 6.93. The lowest BCUT2D eigenvalue weighted by Gasteiger charge is -2.35. The molecule has 2 aromatic carbocycles. The number of hydrogen-bond donors (Lipinski definition) is 1. The molecule has 1 N–H and O–H groups in total. The summed E-state index contributed by atoms with van der Waals surface area (Å²) >= 11 is 0. The molecule has 1 unspecified atom stereocenters. The third kappa shape index (κ3) is 3.83. The van der Waals surface area contributed by atoms with Crippen molar-refractivity contribution in [2.75, 3.05) is 6.54 Å². The average molecular weight is 374 g/mol. The fourth-order valence-electron chi connectivity index (χ4n) is 3.60. The van der Waals surface area contributed by atoms with Gasteiger partial charge in [-0.05, 0) is 35.2 Å². The van der Waals surface area contributed by atoms with Crippen LogP contribution in [0.15, 0.2) is 77.4 Å². The number of carbonyl (C=O) groups excluding carboxylic acids is 2. The Morgan fingerprint density at radius 3 is 2.46 bits per heavy atom. The predicted octanol–water partition coefficient (Wildman–Crippen LogP) is 3.21. The molecule has 28 heavy (non-hydrogen) atoms. The van der Waals surface area contributed by atoms with Crippen LogP contribution in [0.1, 0.15) is 27.2 Å². The van der Waals surface area contributed by atoms with Crippen LogP contribution in [0.2, 0.25) is 0 Å². The zero-order chi connectivity index (χ0) is 19.3. The van der Waals surface area contributed by atoms with Crippen LogP contribution in [0, 0.1) is 0 Å². The first-order chi connectivity index (χ1) is 13.7. The number of nitrogens with one attached hydrogen (secondary N) is 1. The zero-order valence-electron chi connectivity index (χ0n) is 15.5. The van der Waals surface area contributed by atoms with E-state index < -0.39 is 6.04 Å². The Bertz CT molecular complexity index is 951. The lowest BCUT2D eigenvalue weighted by molar-refractivity contribution is -0.126. The van der Waals surface area contributed by atoms with Crippen LogP contribution in [0.4, 0.5) is 0 Å². The number of carbonyl (C=O) groups is 2. The maximum Gasteiger partial charge on any atom is 0.290 e. The van der Waals surface area contributed by atoms with Gasteiger partial charge in [0.25, 0.3) is 5.91 Å². The highest BCUT2D eigenvalue weighted by molar-refractivity contribution is 5.96. The molecule has 5 heteroatoms. The molecular weight excluding hydrogens is 352 g/mol. The Morgan fingerprint density at radius 2 is 1.71 bits per heavy atom. The van der Waals surface area contributed by atoms with E-state index in [2.05, 4.69) is 5.32 Å². The zero-order valence-corrected chi connectivity index (χ0v) is 15.5. The molecule has 142 valence electrons. The van der Waals surface area contributed by atoms with Crippen LogP contribution < -0.4 is 5.32 Å². The first-order valence-electron chi connectivity index (χ1n) is 9.45. The van der Waals surface area contributed by atoms with E-state index in [0.29, 0.717) is 19.5 Å². The van der Waals surface area contributed by atoms with Gasteiger partial charge in [-0.2, -0.15) is 0 Å². The Kier molecular flexibility index (Phi) is 5.24. The van der Waals surface area contributed by atoms with E-state index >= 15 is 0 Å². The number of amides is 2. The van der Waals surface area contributed by atoms with E-state index in [-0.39, 0.29) is 17.6 Å². The molecular formula is C23H22N2O3. The van der Waals surface area contributed by atoms with Crippen molar-refractivity contribution in [3.8, 4) is 0 Å². The Balaban J connectivity index is 1.50. The molecule has 4 rings (SSSR count). The molecule has 0 radical (unpaired) electrons. The molecule has 0 bridgehead atoms. The number of benzene rings is 2. The van der Waals surface area contributed by atoms with Crippen LogP contribution >= 0.6 is 0 Å². The number of nitrogens with zero attached hydrogens (tertiary/aromatic N) is 1. The summed E-state index contributed by atoms with van der Waals surface area (Å²) < 4.78 is 5.28. The minimum absolute atomic E-state index is 0.134. The largest absolute Gasteiger partial charge is 0.459 e. The van der Waals surface area contributed by atoms with Gasteiger partial charge < -0.3 is 14.6 Å². The lowest BCUT2D eigenvalue weighted by atomic mass is 9.93. The van der Waals surface area contributed by atoms with Gasteiger partial charge in [-0.25, -0.2) is 0 Å². The Morgan fingerprint density at radius 1 is 0.964 bits per heavy atom. The summed E-state index contributed by atoms with van der Waals surface area (Å²) in [6.45, 7) is 0.927. The molecule has 0 spiro atoms. The second kappa shape index (κ2) is 8.13. The molecule has 1 aliphatic rings. The summed E-state index contributed by atoms with van der Waals surface area (Å²) in [5.41, 5.74) is 3.34. The van der Waals surface area contributed by atoms with Gasteiger partial charge in [0.1, 0.15) is 6.04 Å². The molecule has 3 aromatic rings. The fraction of sp³-hybridized carbons (Fsp3) is 0.217. The summed E-state index contributed by atoms with van der Waals surface area (Å²) in [7, 11) is 0. The molecule has 0 fully saturated rings. The normalized spacial score (nSPS) is 15.7. The van der Waals surface area contributed by atoms with Gasteiger partial charge in [0.15, 0.2) is 5.76 Å². The standard InChI is InChI=1S/C23H22N2O3/c26-22(24-13-12-17-7-2-1-3-8-17)20-15-18-9-4-5-10-19(18)16-25(20)23(27)21-11-6-14-28-21/h1-11,14,20H,12-13,15-16H2,(H,24,26). The van der Waals surface area contributed by atoms with Crippen LogP contribution in [0.3, 0.4) is 0 Å². The molecule has 2 heterocycles. The van der Waals surface area contributed by atoms with Crippen molar-refractivity contribution in [3.63, 3.8) is 0 Å². The summed E-state index contributed by atoms with van der Waals surface area (Å²) in [6, 6.07) is 20.7. The first-order valence-corrected chi connectivity index (χ1v) is 9.45. The second-order valence-corrected chi connectivity index (χ2v) is 6.93. The molecule has 0 aliphatic carbocycles. The quantitative estimate of drug-likeness (QED) is 0.746. The SMILES string of the molecule is O=C(NCCc1ccccc1)C1Cc2ccccc2CN1C(=O)c1ccco1. The fourth-order valence-corrected chi connectivity index (χ4v) is 3.60. The smallest absolute Gasteiger partial charge is 0.290 e. The lowest BCUT2D eigenvalue weighted by Crippen LogP contribution is -2.52. The first kappa shape index (κ1) is 18.0. The topological polar surface area (TPSA) is 62.6 Å². The van der Waals surface area contributed by atoms with E-state index in [4.69, 9.17) is 4.42 Å². The molecule has 2 amide bonds. The minimum Gasteiger partial charge on any atom is -0.459 e. The third-order valence-electron chi connectivity index (χ3n) is 5.10. The Labute approximate surface area is 164 Å². The van der Waals surface area contributed by atoms with Crippen molar-refractivity contribution in [1.29, 1.82) is 0 Å². The van der Waals surface area contributed by atoms with E-state index in [1.54, 1.807) is 17.0 Å². The number of furan rings is 1. The van der Waals surface area contributed by atoms with Gasteiger partial charge in [0.2, 0.25) is 5.91 Å². The van der Waals surface area contributed by atoms with Gasteiger partial charge >= 0.3 is 0 Å². The number of rotatable bonds is 5. The van der Waals surface area contributed by atoms with E-state index in [0.717, 1.165) is 17.5 Å². The van der Waals surface area contributed by atoms with Crippen LogP contribution in [0.25, 0.3) is 0 Å². The maximum absolute atomic E-state index is 12.9. The van der Waals surface area contributed by atoms with Crippen molar-refractivity contribution in [2.45, 2.75) is 25.4 Å². The number of fused-ring (bicyclic) bond motifs is 1. The van der Waals surface area contributed by atoms with E-state index in [1.165, 1.54) is 11.8 Å². The highest BCUT2D eigenvalue weighted by Gasteiger charge is 2.35. The van der Waals surface area contributed by atoms with E-state index in [1.807, 2.05) is 54.6 Å². The van der Waals surface area contributed by atoms with Crippen molar-refractivity contribution in [1.82, 2.24) is 10.2 Å². The summed E-state index contributed by atoms with van der Waals surface area (Å²) in [5, 5.41) is 3.00. The summed E-state index contributed by atoms with van der Waals surface area (Å²) in [4.78, 5) is 27.5. The molecule has 1 aromatic heterocycles. The van der Waals surface area contributed by atoms with Crippen molar-refractivity contribution in [3.05, 3.63) is 95.4 Å². The van der Waals surface area contributed by atoms with Gasteiger partial charge in [-0.1, -0.05) is 54.6 Å². The third-order valence-corrected chi connectivity index (χ3v) is 5.10. The van der Waals surface area contributed by atoms with Crippen LogP contribution in [-0.2, 0) is 24.2 Å². The Hall–Kier alpha value is -3.34. The average Bonchev–Trinajstić information content (AvgIpc) is 3.28. The minimum atomic E-state index is -0.553. The van der Waals surface area contributed by atoms with Gasteiger partial charge in [0, 0.05) is 19.5 Å². The van der Waals surface area contributed by atoms with Gasteiger partial charge in [0.05, 0.1) is 6.26 Å². The number of hydrogen-bond acceptors (Lipinski definition) is 3. The highest BCUT2D eigenvalue weighted by atomic mass is 16.3. The molecule has 5 nitrogen and oxygen atoms in total. The predicted molar refractivity (Wildman–Crippen MR) is 106 cm³/mol. The highest BCUT2D eigenvalue weighted by Crippen LogP contribution is 2.25.